The van der Waals surface area contributed by atoms with Crippen LogP contribution in [0.15, 0.2) is 22.8 Å². The van der Waals surface area contributed by atoms with Crippen molar-refractivity contribution >= 4 is 11.9 Å². The molecule has 0 aromatic carbocycles. The lowest BCUT2D eigenvalue weighted by atomic mass is 10.2. The predicted molar refractivity (Wildman–Crippen MR) is 54.8 cm³/mol. The number of carbonyl (C=O) groups excluding carboxylic acids is 1. The molecule has 1 saturated heterocycles. The van der Waals surface area contributed by atoms with Gasteiger partial charge in [0, 0.05) is 6.54 Å². The van der Waals surface area contributed by atoms with Crippen molar-refractivity contribution in [2.45, 2.75) is 25.3 Å². The Morgan fingerprint density at radius 3 is 3.00 bits per heavy atom. The molecule has 1 N–H and O–H groups in total. The van der Waals surface area contributed by atoms with Gasteiger partial charge in [-0.25, -0.2) is 4.79 Å². The Hall–Kier alpha value is -1.78. The molecule has 1 aromatic heterocycles. The topological polar surface area (TPSA) is 70.8 Å². The van der Waals surface area contributed by atoms with Crippen LogP contribution >= 0.6 is 0 Å². The fraction of sp³-hybridized carbons (Fsp3) is 0.455. The van der Waals surface area contributed by atoms with Gasteiger partial charge in [0.25, 0.3) is 0 Å². The van der Waals surface area contributed by atoms with E-state index in [9.17, 15) is 9.59 Å². The first-order chi connectivity index (χ1) is 7.68. The van der Waals surface area contributed by atoms with E-state index in [0.29, 0.717) is 18.7 Å². The second-order valence-electron chi connectivity index (χ2n) is 3.84. The Bertz CT molecular complexity index is 385. The fourth-order valence-corrected chi connectivity index (χ4v) is 1.99. The van der Waals surface area contributed by atoms with Crippen LogP contribution in [0.4, 0.5) is 0 Å². The third-order valence-electron chi connectivity index (χ3n) is 2.76. The largest absolute Gasteiger partial charge is 0.480 e. The summed E-state index contributed by atoms with van der Waals surface area (Å²) in [7, 11) is 0. The molecule has 1 aromatic rings. The highest BCUT2D eigenvalue weighted by Crippen LogP contribution is 2.18. The van der Waals surface area contributed by atoms with Crippen molar-refractivity contribution in [2.75, 3.05) is 6.54 Å². The molecule has 5 heteroatoms. The summed E-state index contributed by atoms with van der Waals surface area (Å²) in [5.41, 5.74) is 0. The number of furan rings is 1. The maximum Gasteiger partial charge on any atom is 0.326 e. The van der Waals surface area contributed by atoms with E-state index in [1.165, 1.54) is 11.2 Å². The number of carbonyl (C=O) groups is 2. The zero-order valence-electron chi connectivity index (χ0n) is 8.76. The predicted octanol–water partition coefficient (Wildman–Crippen LogP) is 0.898. The molecule has 5 nitrogen and oxygen atoms in total. The van der Waals surface area contributed by atoms with Crippen molar-refractivity contribution in [3.05, 3.63) is 24.2 Å². The van der Waals surface area contributed by atoms with Gasteiger partial charge in [0.1, 0.15) is 11.8 Å². The van der Waals surface area contributed by atoms with E-state index in [4.69, 9.17) is 9.52 Å². The number of likely N-dealkylation sites (tertiary alicyclic amines) is 1. The quantitative estimate of drug-likeness (QED) is 0.826. The average molecular weight is 223 g/mol. The highest BCUT2D eigenvalue weighted by Gasteiger charge is 2.33. The van der Waals surface area contributed by atoms with Gasteiger partial charge in [0.15, 0.2) is 0 Å². The van der Waals surface area contributed by atoms with Gasteiger partial charge < -0.3 is 14.4 Å². The van der Waals surface area contributed by atoms with Crippen LogP contribution in [-0.4, -0.2) is 34.5 Å². The summed E-state index contributed by atoms with van der Waals surface area (Å²) in [6.45, 7) is 0.524. The van der Waals surface area contributed by atoms with Crippen molar-refractivity contribution in [3.8, 4) is 0 Å². The molecule has 0 aliphatic carbocycles. The molecule has 1 amide bonds. The van der Waals surface area contributed by atoms with E-state index < -0.39 is 12.0 Å². The molecule has 2 heterocycles. The monoisotopic (exact) mass is 223 g/mol. The minimum absolute atomic E-state index is 0.136. The summed E-state index contributed by atoms with van der Waals surface area (Å²) in [5.74, 6) is -0.536. The maximum atomic E-state index is 11.8. The van der Waals surface area contributed by atoms with Crippen LogP contribution in [0.25, 0.3) is 0 Å². The second kappa shape index (κ2) is 4.38. The van der Waals surface area contributed by atoms with Gasteiger partial charge in [-0.1, -0.05) is 0 Å². The number of hydrogen-bond donors (Lipinski definition) is 1. The van der Waals surface area contributed by atoms with E-state index in [2.05, 4.69) is 0 Å². The lowest BCUT2D eigenvalue weighted by Crippen LogP contribution is -2.41. The third-order valence-corrected chi connectivity index (χ3v) is 2.76. The first kappa shape index (κ1) is 10.7. The zero-order chi connectivity index (χ0) is 11.5. The molecule has 1 unspecified atom stereocenters. The van der Waals surface area contributed by atoms with Gasteiger partial charge in [0.05, 0.1) is 12.7 Å². The average Bonchev–Trinajstić information content (AvgIpc) is 2.86. The van der Waals surface area contributed by atoms with Gasteiger partial charge >= 0.3 is 5.97 Å². The van der Waals surface area contributed by atoms with Crippen molar-refractivity contribution in [1.82, 2.24) is 4.90 Å². The lowest BCUT2D eigenvalue weighted by Gasteiger charge is -2.20. The highest BCUT2D eigenvalue weighted by atomic mass is 16.4. The number of rotatable bonds is 3. The van der Waals surface area contributed by atoms with Gasteiger partial charge in [-0.3, -0.25) is 4.79 Å². The highest BCUT2D eigenvalue weighted by molar-refractivity contribution is 5.85. The standard InChI is InChI=1S/C11H13NO4/c13-10(7-8-3-2-6-16-8)12-5-1-4-9(12)11(14)15/h2-3,6,9H,1,4-5,7H2,(H,14,15). The van der Waals surface area contributed by atoms with Gasteiger partial charge in [-0.05, 0) is 25.0 Å². The number of aliphatic carboxylic acids is 1. The fourth-order valence-electron chi connectivity index (χ4n) is 1.99. The second-order valence-corrected chi connectivity index (χ2v) is 3.84. The molecule has 1 atom stereocenters. The van der Waals surface area contributed by atoms with Gasteiger partial charge in [0.2, 0.25) is 5.91 Å². The van der Waals surface area contributed by atoms with E-state index in [1.807, 2.05) is 0 Å². The Balaban J connectivity index is 2.01. The molecule has 0 radical (unpaired) electrons. The van der Waals surface area contributed by atoms with Crippen molar-refractivity contribution in [2.24, 2.45) is 0 Å². The summed E-state index contributed by atoms with van der Waals surface area (Å²) in [6.07, 6.45) is 2.93. The lowest BCUT2D eigenvalue weighted by molar-refractivity contribution is -0.148. The van der Waals surface area contributed by atoms with Crippen LogP contribution in [0.2, 0.25) is 0 Å². The minimum Gasteiger partial charge on any atom is -0.480 e. The van der Waals surface area contributed by atoms with E-state index in [-0.39, 0.29) is 12.3 Å². The summed E-state index contributed by atoms with van der Waals surface area (Å²) in [4.78, 5) is 24.2. The van der Waals surface area contributed by atoms with Crippen molar-refractivity contribution in [1.29, 1.82) is 0 Å². The van der Waals surface area contributed by atoms with Crippen molar-refractivity contribution < 1.29 is 19.1 Å². The minimum atomic E-state index is -0.926. The van der Waals surface area contributed by atoms with E-state index >= 15 is 0 Å². The summed E-state index contributed by atoms with van der Waals surface area (Å²) in [6, 6.07) is 2.76. The third kappa shape index (κ3) is 2.08. The van der Waals surface area contributed by atoms with Crippen LogP contribution in [0, 0.1) is 0 Å². The molecule has 1 aliphatic heterocycles. The Morgan fingerprint density at radius 1 is 1.56 bits per heavy atom. The molecule has 0 bridgehead atoms. The molecule has 0 saturated carbocycles. The molecular formula is C11H13NO4. The number of carboxylic acid groups (broad SMARTS) is 1. The van der Waals surface area contributed by atoms with E-state index in [0.717, 1.165) is 6.42 Å². The summed E-state index contributed by atoms with van der Waals surface area (Å²) in [5, 5.41) is 8.94. The Kier molecular flexibility index (Phi) is 2.94. The summed E-state index contributed by atoms with van der Waals surface area (Å²) < 4.78 is 5.06. The molecule has 16 heavy (non-hydrogen) atoms. The van der Waals surface area contributed by atoms with Crippen LogP contribution in [-0.2, 0) is 16.0 Å². The Morgan fingerprint density at radius 2 is 2.38 bits per heavy atom. The zero-order valence-corrected chi connectivity index (χ0v) is 8.76. The van der Waals surface area contributed by atoms with Gasteiger partial charge in [-0.15, -0.1) is 0 Å². The number of hydrogen-bond acceptors (Lipinski definition) is 3. The van der Waals surface area contributed by atoms with Gasteiger partial charge in [-0.2, -0.15) is 0 Å². The maximum absolute atomic E-state index is 11.8. The number of amides is 1. The molecule has 1 aliphatic rings. The normalized spacial score (nSPS) is 20.0. The Labute approximate surface area is 92.7 Å². The smallest absolute Gasteiger partial charge is 0.326 e. The van der Waals surface area contributed by atoms with Crippen molar-refractivity contribution in [3.63, 3.8) is 0 Å². The first-order valence-corrected chi connectivity index (χ1v) is 5.23. The van der Waals surface area contributed by atoms with Crippen LogP contribution in [0.3, 0.4) is 0 Å². The molecular weight excluding hydrogens is 210 g/mol. The van der Waals surface area contributed by atoms with Crippen LogP contribution in [0.1, 0.15) is 18.6 Å². The number of carboxylic acids is 1. The molecule has 0 spiro atoms. The SMILES string of the molecule is O=C(O)C1CCCN1C(=O)Cc1ccco1. The molecule has 86 valence electrons. The van der Waals surface area contributed by atoms with Crippen LogP contribution < -0.4 is 0 Å². The molecule has 1 fully saturated rings. The summed E-state index contributed by atoms with van der Waals surface area (Å²) >= 11 is 0. The molecule has 2 rings (SSSR count). The number of nitrogens with zero attached hydrogens (tertiary/aromatic N) is 1. The van der Waals surface area contributed by atoms with E-state index in [1.54, 1.807) is 12.1 Å². The van der Waals surface area contributed by atoms with Crippen LogP contribution in [0.5, 0.6) is 0 Å². The first-order valence-electron chi connectivity index (χ1n) is 5.23.